The molecule has 2 aliphatic heterocycles. The molecule has 0 aliphatic carbocycles. The number of carbonyl (C=O) groups is 2. The molecule has 0 aromatic heterocycles. The molecule has 0 saturated heterocycles. The Kier molecular flexibility index (Phi) is 19.4. The molecule has 258 valence electrons. The normalized spacial score (nSPS) is 15.2. The van der Waals surface area contributed by atoms with Crippen molar-refractivity contribution in [3.05, 3.63) is 155 Å². The third kappa shape index (κ3) is 11.2. The number of fused-ring (bicyclic) bond motifs is 2. The maximum Gasteiger partial charge on any atom is 1.00 e. The van der Waals surface area contributed by atoms with Gasteiger partial charge in [0.2, 0.25) is 0 Å². The number of rotatable bonds is 3. The van der Waals surface area contributed by atoms with E-state index in [1.54, 1.807) is 42.5 Å². The van der Waals surface area contributed by atoms with Crippen molar-refractivity contribution < 1.29 is 73.8 Å². The van der Waals surface area contributed by atoms with E-state index in [0.29, 0.717) is 16.1 Å². The molecule has 0 fully saturated rings. The minimum atomic E-state index is -0.296. The van der Waals surface area contributed by atoms with Gasteiger partial charge in [0.15, 0.2) is 0 Å². The second-order valence-corrected chi connectivity index (χ2v) is 13.2. The molecule has 0 bridgehead atoms. The molecule has 2 heterocycles. The Balaban J connectivity index is 0.000000413. The van der Waals surface area contributed by atoms with Crippen LogP contribution in [0.1, 0.15) is 59.5 Å². The van der Waals surface area contributed by atoms with Crippen LogP contribution in [0.25, 0.3) is 0 Å². The second-order valence-electron chi connectivity index (χ2n) is 12.4. The Morgan fingerprint density at radius 1 is 0.712 bits per heavy atom. The van der Waals surface area contributed by atoms with Crippen molar-refractivity contribution >= 4 is 52.2 Å². The van der Waals surface area contributed by atoms with Gasteiger partial charge in [-0.3, -0.25) is 4.79 Å². The summed E-state index contributed by atoms with van der Waals surface area (Å²) in [6, 6.07) is 36.7. The number of likely N-dealkylation sites (N-methyl/N-ethyl adjacent to an activating group) is 2. The Morgan fingerprint density at radius 2 is 1.10 bits per heavy atom. The summed E-state index contributed by atoms with van der Waals surface area (Å²) in [5.41, 5.74) is 8.01. The average Bonchev–Trinajstić information content (AvgIpc) is 3.44. The van der Waals surface area contributed by atoms with Gasteiger partial charge in [0.25, 0.3) is 5.91 Å². The number of hydrogen-bond donors (Lipinski definition) is 1. The number of nitriles is 1. The first-order valence-corrected chi connectivity index (χ1v) is 16.7. The first-order chi connectivity index (χ1) is 23.8. The molecule has 0 saturated carbocycles. The van der Waals surface area contributed by atoms with E-state index in [4.69, 9.17) is 22.6 Å². The summed E-state index contributed by atoms with van der Waals surface area (Å²) in [5.74, 6) is -0.187. The molecular formula is C41H42N4Na2O3S2. The van der Waals surface area contributed by atoms with Gasteiger partial charge in [-0.25, -0.2) is 0 Å². The predicted octanol–water partition coefficient (Wildman–Crippen LogP) is 1.23. The molecule has 1 N–H and O–H groups in total. The van der Waals surface area contributed by atoms with Crippen LogP contribution >= 0.6 is 12.2 Å². The van der Waals surface area contributed by atoms with Crippen LogP contribution in [-0.2, 0) is 23.5 Å². The summed E-state index contributed by atoms with van der Waals surface area (Å²) in [6.07, 6.45) is 3.52. The zero-order valence-corrected chi connectivity index (χ0v) is 37.1. The number of anilines is 2. The maximum atomic E-state index is 12.2. The molecule has 4 aromatic rings. The topological polar surface area (TPSA) is 99.5 Å². The Labute approximate surface area is 363 Å². The van der Waals surface area contributed by atoms with E-state index in [9.17, 15) is 9.59 Å². The first-order valence-electron chi connectivity index (χ1n) is 15.9. The molecule has 11 heteroatoms. The van der Waals surface area contributed by atoms with Crippen molar-refractivity contribution in [2.45, 2.75) is 38.5 Å². The van der Waals surface area contributed by atoms with Crippen LogP contribution in [0.2, 0.25) is 0 Å². The largest absolute Gasteiger partial charge is 1.00 e. The number of amides is 1. The van der Waals surface area contributed by atoms with E-state index in [-0.39, 0.29) is 81.0 Å². The van der Waals surface area contributed by atoms with E-state index in [1.807, 2.05) is 68.7 Å². The van der Waals surface area contributed by atoms with Gasteiger partial charge in [0.05, 0.1) is 6.07 Å². The van der Waals surface area contributed by atoms with E-state index in [0.717, 1.165) is 18.5 Å². The standard InChI is InChI=1S/C20H20N2OS.C13H14N2.C7H6OS.CH3O.2Na/c1-20(2)15-11-7-8-12-16(15)22(3)17(20)13-18(24)21-19(23)14-9-5-4-6-10-14;1-13(2)10-6-4-5-7-11(10)15(3)12(13)8-9-14;8-7(9)6-4-2-1-3-5-6;1-2;;/h4-13H,1-3H3,(H,21,23,24);4-8H,1-3H3;1-5H,(H,8,9);1H3;;/q;;;-1;2*+1/p-1/b17-13-;12-8-;;;;. The van der Waals surface area contributed by atoms with Gasteiger partial charge in [0.1, 0.15) is 4.99 Å². The average molecular weight is 749 g/mol. The van der Waals surface area contributed by atoms with Gasteiger partial charge in [-0.1, -0.05) is 125 Å². The van der Waals surface area contributed by atoms with E-state index >= 15 is 0 Å². The number of para-hydroxylation sites is 2. The molecule has 0 unspecified atom stereocenters. The number of nitrogens with zero attached hydrogens (tertiary/aromatic N) is 3. The third-order valence-electron chi connectivity index (χ3n) is 8.63. The summed E-state index contributed by atoms with van der Waals surface area (Å²) in [7, 11) is 4.79. The fourth-order valence-corrected chi connectivity index (χ4v) is 6.43. The molecule has 2 aliphatic rings. The van der Waals surface area contributed by atoms with Crippen molar-refractivity contribution in [2.24, 2.45) is 0 Å². The predicted molar refractivity (Wildman–Crippen MR) is 208 cm³/mol. The third-order valence-corrected chi connectivity index (χ3v) is 9.09. The van der Waals surface area contributed by atoms with Crippen LogP contribution in [0.5, 0.6) is 0 Å². The minimum absolute atomic E-state index is 0. The van der Waals surface area contributed by atoms with Gasteiger partial charge in [-0.05, 0) is 47.0 Å². The van der Waals surface area contributed by atoms with E-state index in [1.165, 1.54) is 22.5 Å². The van der Waals surface area contributed by atoms with Gasteiger partial charge < -0.3 is 37.6 Å². The van der Waals surface area contributed by atoms with Crippen LogP contribution in [0, 0.1) is 11.3 Å². The van der Waals surface area contributed by atoms with Gasteiger partial charge in [0, 0.05) is 64.4 Å². The number of hydrogen-bond acceptors (Lipinski definition) is 8. The van der Waals surface area contributed by atoms with Gasteiger partial charge in [-0.15, -0.1) is 0 Å². The number of allylic oxidation sites excluding steroid dienone is 3. The van der Waals surface area contributed by atoms with Crippen LogP contribution in [0.3, 0.4) is 0 Å². The van der Waals surface area contributed by atoms with Crippen LogP contribution in [0.4, 0.5) is 11.4 Å². The zero-order valence-electron chi connectivity index (χ0n) is 31.4. The van der Waals surface area contributed by atoms with Crippen molar-refractivity contribution in [3.8, 4) is 6.07 Å². The molecule has 0 atom stereocenters. The van der Waals surface area contributed by atoms with Crippen molar-refractivity contribution in [2.75, 3.05) is 31.0 Å². The number of benzene rings is 4. The summed E-state index contributed by atoms with van der Waals surface area (Å²) < 4.78 is 0. The Bertz CT molecular complexity index is 1930. The Hall–Kier alpha value is -3.14. The fourth-order valence-electron chi connectivity index (χ4n) is 6.09. The number of thiocarbonyl (C=S) groups is 1. The Morgan fingerprint density at radius 3 is 1.50 bits per heavy atom. The SMILES string of the molecule is CN1/C(=C\C#N)C(C)(C)c2ccccc21.CN1/C(=C\C(=S)NC(=O)c2ccccc2)C(C)(C)c2ccccc21.C[O-].O=C([S-])c1ccccc1.[Na+].[Na+]. The van der Waals surface area contributed by atoms with Crippen molar-refractivity contribution in [3.63, 3.8) is 0 Å². The quantitative estimate of drug-likeness (QED) is 0.110. The van der Waals surface area contributed by atoms with E-state index in [2.05, 4.69) is 85.8 Å². The molecule has 0 spiro atoms. The van der Waals surface area contributed by atoms with Gasteiger partial charge >= 0.3 is 59.1 Å². The summed E-state index contributed by atoms with van der Waals surface area (Å²) in [4.78, 5) is 27.4. The molecule has 0 radical (unpaired) electrons. The van der Waals surface area contributed by atoms with Crippen LogP contribution < -0.4 is 79.3 Å². The monoisotopic (exact) mass is 748 g/mol. The summed E-state index contributed by atoms with van der Waals surface area (Å²) in [5, 5.41) is 19.6. The summed E-state index contributed by atoms with van der Waals surface area (Å²) >= 11 is 9.80. The fraction of sp³-hybridized carbons (Fsp3) is 0.220. The molecular weight excluding hydrogens is 707 g/mol. The zero-order chi connectivity index (χ0) is 37.1. The molecule has 52 heavy (non-hydrogen) atoms. The van der Waals surface area contributed by atoms with Crippen LogP contribution in [-0.4, -0.2) is 37.2 Å². The number of carbonyl (C=O) groups excluding carboxylic acids is 2. The van der Waals surface area contributed by atoms with Crippen molar-refractivity contribution in [1.82, 2.24) is 5.32 Å². The van der Waals surface area contributed by atoms with E-state index < -0.39 is 0 Å². The summed E-state index contributed by atoms with van der Waals surface area (Å²) in [6.45, 7) is 8.64. The molecule has 1 amide bonds. The molecule has 6 rings (SSSR count). The van der Waals surface area contributed by atoms with Crippen LogP contribution in [0.15, 0.2) is 133 Å². The maximum absolute atomic E-state index is 12.2. The smallest absolute Gasteiger partial charge is 0.857 e. The number of nitrogens with one attached hydrogen (secondary N) is 1. The van der Waals surface area contributed by atoms with Gasteiger partial charge in [-0.2, -0.15) is 12.4 Å². The van der Waals surface area contributed by atoms with Crippen molar-refractivity contribution in [1.29, 1.82) is 5.26 Å². The molecule has 7 nitrogen and oxygen atoms in total. The first kappa shape index (κ1) is 46.9. The minimum Gasteiger partial charge on any atom is -0.857 e. The second kappa shape index (κ2) is 21.5. The molecule has 4 aromatic carbocycles.